The lowest BCUT2D eigenvalue weighted by Gasteiger charge is -2.07. The normalized spacial score (nSPS) is 10.2. The minimum absolute atomic E-state index is 0.221. The fourth-order valence-corrected chi connectivity index (χ4v) is 3.34. The molecule has 26 heavy (non-hydrogen) atoms. The molecular weight excluding hydrogens is 344 g/mol. The van der Waals surface area contributed by atoms with Crippen LogP contribution < -0.4 is 10.1 Å². The predicted molar refractivity (Wildman–Crippen MR) is 104 cm³/mol. The summed E-state index contributed by atoms with van der Waals surface area (Å²) in [7, 11) is 0. The van der Waals surface area contributed by atoms with Gasteiger partial charge in [0, 0.05) is 10.4 Å². The van der Waals surface area contributed by atoms with Crippen LogP contribution in [0.2, 0.25) is 0 Å². The number of hydrogen-bond acceptors (Lipinski definition) is 4. The van der Waals surface area contributed by atoms with E-state index in [-0.39, 0.29) is 5.91 Å². The summed E-state index contributed by atoms with van der Waals surface area (Å²) >= 11 is 1.44. The lowest BCUT2D eigenvalue weighted by Crippen LogP contribution is -2.11. The van der Waals surface area contributed by atoms with Gasteiger partial charge in [0.2, 0.25) is 0 Å². The molecule has 0 radical (unpaired) electrons. The van der Waals surface area contributed by atoms with Crippen molar-refractivity contribution in [3.63, 3.8) is 0 Å². The first-order valence-corrected chi connectivity index (χ1v) is 9.12. The number of anilines is 1. The largest absolute Gasteiger partial charge is 0.489 e. The molecule has 0 saturated carbocycles. The van der Waals surface area contributed by atoms with Gasteiger partial charge in [0.15, 0.2) is 0 Å². The number of nitrogens with zero attached hydrogens (tertiary/aromatic N) is 1. The van der Waals surface area contributed by atoms with E-state index in [1.165, 1.54) is 11.3 Å². The molecule has 0 aliphatic carbocycles. The Morgan fingerprint density at radius 3 is 2.54 bits per heavy atom. The number of hydrogen-bond donors (Lipinski definition) is 1. The number of rotatable bonds is 6. The van der Waals surface area contributed by atoms with Crippen molar-refractivity contribution in [2.45, 2.75) is 20.0 Å². The zero-order valence-electron chi connectivity index (χ0n) is 14.4. The number of para-hydroxylation sites is 1. The third kappa shape index (κ3) is 4.29. The van der Waals surface area contributed by atoms with E-state index >= 15 is 0 Å². The second-order valence-corrected chi connectivity index (χ2v) is 6.81. The number of nitrogens with one attached hydrogen (secondary N) is 1. The summed E-state index contributed by atoms with van der Waals surface area (Å²) in [4.78, 5) is 13.5. The molecule has 1 aromatic heterocycles. The van der Waals surface area contributed by atoms with Gasteiger partial charge in [0.1, 0.15) is 23.4 Å². The molecule has 3 rings (SSSR count). The van der Waals surface area contributed by atoms with Crippen molar-refractivity contribution < 1.29 is 9.53 Å². The SMILES string of the molecule is CCc1cc(C#N)c(NC(=O)c2ccc(COc3ccccc3)cc2)s1. The van der Waals surface area contributed by atoms with Crippen molar-refractivity contribution in [3.8, 4) is 11.8 Å². The molecule has 3 aromatic rings. The summed E-state index contributed by atoms with van der Waals surface area (Å²) in [6.07, 6.45) is 0.839. The molecule has 130 valence electrons. The van der Waals surface area contributed by atoms with Gasteiger partial charge in [0.25, 0.3) is 5.91 Å². The standard InChI is InChI=1S/C21H18N2O2S/c1-2-19-12-17(13-22)21(26-19)23-20(24)16-10-8-15(9-11-16)14-25-18-6-4-3-5-7-18/h3-12H,2,14H2,1H3,(H,23,24). The van der Waals surface area contributed by atoms with Crippen LogP contribution in [-0.2, 0) is 13.0 Å². The smallest absolute Gasteiger partial charge is 0.256 e. The second-order valence-electron chi connectivity index (χ2n) is 5.67. The minimum Gasteiger partial charge on any atom is -0.489 e. The van der Waals surface area contributed by atoms with Crippen LogP contribution in [0.3, 0.4) is 0 Å². The van der Waals surface area contributed by atoms with Gasteiger partial charge in [-0.15, -0.1) is 11.3 Å². The van der Waals surface area contributed by atoms with Gasteiger partial charge >= 0.3 is 0 Å². The lowest BCUT2D eigenvalue weighted by atomic mass is 10.1. The van der Waals surface area contributed by atoms with Crippen molar-refractivity contribution in [1.82, 2.24) is 0 Å². The fraction of sp³-hybridized carbons (Fsp3) is 0.143. The summed E-state index contributed by atoms with van der Waals surface area (Å²) in [5.74, 6) is 0.587. The quantitative estimate of drug-likeness (QED) is 0.670. The first-order valence-electron chi connectivity index (χ1n) is 8.30. The highest BCUT2D eigenvalue weighted by atomic mass is 32.1. The van der Waals surface area contributed by atoms with E-state index < -0.39 is 0 Å². The van der Waals surface area contributed by atoms with Crippen LogP contribution in [0.15, 0.2) is 60.7 Å². The van der Waals surface area contributed by atoms with Gasteiger partial charge in [-0.1, -0.05) is 37.3 Å². The van der Waals surface area contributed by atoms with Gasteiger partial charge in [-0.2, -0.15) is 5.26 Å². The molecule has 1 heterocycles. The Bertz CT molecular complexity index is 925. The van der Waals surface area contributed by atoms with Gasteiger partial charge < -0.3 is 10.1 Å². The highest BCUT2D eigenvalue weighted by Gasteiger charge is 2.12. The van der Waals surface area contributed by atoms with E-state index in [9.17, 15) is 10.1 Å². The summed E-state index contributed by atoms with van der Waals surface area (Å²) in [6.45, 7) is 2.46. The Morgan fingerprint density at radius 2 is 1.88 bits per heavy atom. The average molecular weight is 362 g/mol. The number of benzene rings is 2. The van der Waals surface area contributed by atoms with Crippen molar-refractivity contribution >= 4 is 22.2 Å². The molecule has 0 aliphatic rings. The number of aryl methyl sites for hydroxylation is 1. The molecule has 5 heteroatoms. The van der Waals surface area contributed by atoms with Crippen molar-refractivity contribution in [3.05, 3.63) is 82.2 Å². The van der Waals surface area contributed by atoms with Crippen LogP contribution in [0.5, 0.6) is 5.75 Å². The number of carbonyl (C=O) groups excluding carboxylic acids is 1. The highest BCUT2D eigenvalue weighted by Crippen LogP contribution is 2.28. The van der Waals surface area contributed by atoms with Crippen LogP contribution >= 0.6 is 11.3 Å². The maximum absolute atomic E-state index is 12.4. The summed E-state index contributed by atoms with van der Waals surface area (Å²) < 4.78 is 5.70. The lowest BCUT2D eigenvalue weighted by molar-refractivity contribution is 0.102. The molecule has 0 fully saturated rings. The van der Waals surface area contributed by atoms with E-state index in [0.717, 1.165) is 22.6 Å². The van der Waals surface area contributed by atoms with E-state index in [1.54, 1.807) is 12.1 Å². The summed E-state index contributed by atoms with van der Waals surface area (Å²) in [6, 6.07) is 20.8. The molecule has 0 aliphatic heterocycles. The molecule has 0 unspecified atom stereocenters. The molecule has 0 bridgehead atoms. The molecular formula is C21H18N2O2S. The fourth-order valence-electron chi connectivity index (χ4n) is 2.40. The third-order valence-electron chi connectivity index (χ3n) is 3.84. The zero-order valence-corrected chi connectivity index (χ0v) is 15.2. The Hall–Kier alpha value is -3.10. The van der Waals surface area contributed by atoms with Crippen LogP contribution in [0.25, 0.3) is 0 Å². The Labute approximate surface area is 156 Å². The Morgan fingerprint density at radius 1 is 1.15 bits per heavy atom. The van der Waals surface area contributed by atoms with Crippen molar-refractivity contribution in [2.24, 2.45) is 0 Å². The van der Waals surface area contributed by atoms with Crippen LogP contribution in [0.1, 0.15) is 33.3 Å². The van der Waals surface area contributed by atoms with Crippen molar-refractivity contribution in [2.75, 3.05) is 5.32 Å². The second kappa shape index (κ2) is 8.32. The van der Waals surface area contributed by atoms with E-state index in [2.05, 4.69) is 11.4 Å². The minimum atomic E-state index is -0.221. The predicted octanol–water partition coefficient (Wildman–Crippen LogP) is 5.01. The first-order chi connectivity index (χ1) is 12.7. The maximum atomic E-state index is 12.4. The third-order valence-corrected chi connectivity index (χ3v) is 5.04. The van der Waals surface area contributed by atoms with Crippen LogP contribution in [0, 0.1) is 11.3 Å². The summed E-state index contributed by atoms with van der Waals surface area (Å²) in [5, 5.41) is 12.6. The maximum Gasteiger partial charge on any atom is 0.256 e. The molecule has 0 saturated heterocycles. The number of ether oxygens (including phenoxy) is 1. The molecule has 2 aromatic carbocycles. The van der Waals surface area contributed by atoms with Gasteiger partial charge in [-0.3, -0.25) is 4.79 Å². The Kier molecular flexibility index (Phi) is 5.67. The van der Waals surface area contributed by atoms with Gasteiger partial charge in [-0.05, 0) is 42.3 Å². The van der Waals surface area contributed by atoms with Crippen LogP contribution in [0.4, 0.5) is 5.00 Å². The topological polar surface area (TPSA) is 62.1 Å². The number of nitriles is 1. The van der Waals surface area contributed by atoms with Gasteiger partial charge in [0.05, 0.1) is 5.56 Å². The van der Waals surface area contributed by atoms with Crippen LogP contribution in [-0.4, -0.2) is 5.91 Å². The molecule has 0 spiro atoms. The molecule has 0 atom stereocenters. The number of amides is 1. The number of thiophene rings is 1. The van der Waals surface area contributed by atoms with Gasteiger partial charge in [-0.25, -0.2) is 0 Å². The summed E-state index contributed by atoms with van der Waals surface area (Å²) in [5.41, 5.74) is 2.03. The van der Waals surface area contributed by atoms with E-state index in [0.29, 0.717) is 22.7 Å². The van der Waals surface area contributed by atoms with Crippen molar-refractivity contribution in [1.29, 1.82) is 5.26 Å². The Balaban J connectivity index is 1.64. The first kappa shape index (κ1) is 17.7. The monoisotopic (exact) mass is 362 g/mol. The average Bonchev–Trinajstić information content (AvgIpc) is 3.09. The molecule has 1 amide bonds. The zero-order chi connectivity index (χ0) is 18.4. The molecule has 4 nitrogen and oxygen atoms in total. The highest BCUT2D eigenvalue weighted by molar-refractivity contribution is 7.16. The van der Waals surface area contributed by atoms with E-state index in [1.807, 2.05) is 55.5 Å². The molecule has 1 N–H and O–H groups in total. The van der Waals surface area contributed by atoms with E-state index in [4.69, 9.17) is 4.74 Å². The number of carbonyl (C=O) groups is 1.